The van der Waals surface area contributed by atoms with Crippen LogP contribution in [0, 0.1) is 5.92 Å². The molecule has 0 saturated carbocycles. The highest BCUT2D eigenvalue weighted by Crippen LogP contribution is 2.47. The molecule has 2 aromatic rings. The van der Waals surface area contributed by atoms with Crippen molar-refractivity contribution in [3.63, 3.8) is 0 Å². The molecule has 3 atom stereocenters. The predicted molar refractivity (Wildman–Crippen MR) is 97.4 cm³/mol. The Bertz CT molecular complexity index is 619. The largest absolute Gasteiger partial charge is 0.376 e. The lowest BCUT2D eigenvalue weighted by Crippen LogP contribution is -2.31. The molecule has 0 aromatic heterocycles. The van der Waals surface area contributed by atoms with E-state index in [1.165, 1.54) is 17.3 Å². The molecule has 1 aliphatic heterocycles. The van der Waals surface area contributed by atoms with Gasteiger partial charge in [-0.05, 0) is 17.5 Å². The number of ether oxygens (including phenoxy) is 2. The third-order valence-corrected chi connectivity index (χ3v) is 5.80. The van der Waals surface area contributed by atoms with Crippen LogP contribution < -0.4 is 0 Å². The van der Waals surface area contributed by atoms with Crippen molar-refractivity contribution in [2.24, 2.45) is 5.92 Å². The summed E-state index contributed by atoms with van der Waals surface area (Å²) >= 11 is 1.48. The van der Waals surface area contributed by atoms with Crippen molar-refractivity contribution in [1.29, 1.82) is 0 Å². The van der Waals surface area contributed by atoms with Crippen molar-refractivity contribution in [3.05, 3.63) is 71.8 Å². The third kappa shape index (κ3) is 4.61. The summed E-state index contributed by atoms with van der Waals surface area (Å²) < 4.78 is 11.7. The molecule has 1 N–H and O–H groups in total. The molecule has 0 aliphatic carbocycles. The molecule has 1 aliphatic rings. The first-order valence-electron chi connectivity index (χ1n) is 8.35. The van der Waals surface area contributed by atoms with E-state index in [9.17, 15) is 5.11 Å². The van der Waals surface area contributed by atoms with Gasteiger partial charge in [-0.2, -0.15) is 0 Å². The minimum absolute atomic E-state index is 0.0801. The van der Waals surface area contributed by atoms with E-state index in [0.29, 0.717) is 19.8 Å². The minimum atomic E-state index is -1.13. The van der Waals surface area contributed by atoms with Gasteiger partial charge >= 0.3 is 0 Å². The van der Waals surface area contributed by atoms with Crippen molar-refractivity contribution in [3.8, 4) is 0 Å². The van der Waals surface area contributed by atoms with Crippen LogP contribution in [0.4, 0.5) is 0 Å². The Morgan fingerprint density at radius 3 is 2.21 bits per heavy atom. The van der Waals surface area contributed by atoms with Crippen LogP contribution >= 0.6 is 11.8 Å². The number of hydrogen-bond donors (Lipinski definition) is 1. The Morgan fingerprint density at radius 2 is 1.58 bits per heavy atom. The molecular formula is C20H24O3S. The van der Waals surface area contributed by atoms with Crippen LogP contribution in [0.5, 0.6) is 0 Å². The Hall–Kier alpha value is -1.33. The normalized spacial score (nSPS) is 26.6. The van der Waals surface area contributed by atoms with Gasteiger partial charge in [-0.3, -0.25) is 0 Å². The second-order valence-corrected chi connectivity index (χ2v) is 7.77. The Labute approximate surface area is 148 Å². The SMILES string of the molecule is CC1CC(COCc2ccccc2)SC1(O)OCc1ccccc1. The molecule has 4 heteroatoms. The fourth-order valence-electron chi connectivity index (χ4n) is 2.87. The quantitative estimate of drug-likeness (QED) is 0.764. The molecule has 3 nitrogen and oxygen atoms in total. The lowest BCUT2D eigenvalue weighted by Gasteiger charge is -2.27. The number of aliphatic hydroxyl groups is 1. The molecule has 1 saturated heterocycles. The van der Waals surface area contributed by atoms with Crippen LogP contribution in [0.15, 0.2) is 60.7 Å². The van der Waals surface area contributed by atoms with Gasteiger partial charge in [0.1, 0.15) is 0 Å². The summed E-state index contributed by atoms with van der Waals surface area (Å²) in [4.78, 5) is 0. The molecule has 3 unspecified atom stereocenters. The van der Waals surface area contributed by atoms with Crippen molar-refractivity contribution in [1.82, 2.24) is 0 Å². The Morgan fingerprint density at radius 1 is 1.00 bits per heavy atom. The van der Waals surface area contributed by atoms with E-state index >= 15 is 0 Å². The molecule has 1 fully saturated rings. The topological polar surface area (TPSA) is 38.7 Å². The van der Waals surface area contributed by atoms with Crippen molar-refractivity contribution in [2.75, 3.05) is 6.61 Å². The Kier molecular flexibility index (Phi) is 5.95. The summed E-state index contributed by atoms with van der Waals surface area (Å²) in [5.74, 6) is 0.0801. The molecule has 0 spiro atoms. The molecule has 1 heterocycles. The van der Waals surface area contributed by atoms with Gasteiger partial charge in [-0.15, -0.1) is 0 Å². The molecule has 0 radical (unpaired) electrons. The number of hydrogen-bond acceptors (Lipinski definition) is 4. The van der Waals surface area contributed by atoms with Gasteiger partial charge in [0.25, 0.3) is 0 Å². The van der Waals surface area contributed by atoms with Crippen molar-refractivity contribution >= 4 is 11.8 Å². The lowest BCUT2D eigenvalue weighted by molar-refractivity contribution is -0.164. The highest BCUT2D eigenvalue weighted by atomic mass is 32.2. The maximum atomic E-state index is 10.8. The fourth-order valence-corrected chi connectivity index (χ4v) is 4.35. The zero-order chi connectivity index (χ0) is 16.8. The summed E-state index contributed by atoms with van der Waals surface area (Å²) in [5, 5.41) is 9.92. The zero-order valence-electron chi connectivity index (χ0n) is 13.9. The highest BCUT2D eigenvalue weighted by molar-refractivity contribution is 8.01. The first-order valence-corrected chi connectivity index (χ1v) is 9.23. The van der Waals surface area contributed by atoms with Crippen LogP contribution in [0.3, 0.4) is 0 Å². The standard InChI is InChI=1S/C20H24O3S/c1-16-12-19(15-22-13-17-8-4-2-5-9-17)24-20(16,21)23-14-18-10-6-3-7-11-18/h2-11,16,19,21H,12-15H2,1H3. The second-order valence-electron chi connectivity index (χ2n) is 6.28. The van der Waals surface area contributed by atoms with Gasteiger partial charge in [-0.25, -0.2) is 0 Å². The van der Waals surface area contributed by atoms with Crippen LogP contribution in [0.1, 0.15) is 24.5 Å². The van der Waals surface area contributed by atoms with Gasteiger partial charge in [0, 0.05) is 11.2 Å². The van der Waals surface area contributed by atoms with E-state index in [0.717, 1.165) is 12.0 Å². The Balaban J connectivity index is 1.46. The minimum Gasteiger partial charge on any atom is -0.376 e. The van der Waals surface area contributed by atoms with E-state index in [1.807, 2.05) is 55.5 Å². The summed E-state index contributed by atoms with van der Waals surface area (Å²) in [6, 6.07) is 20.1. The van der Waals surface area contributed by atoms with Crippen LogP contribution in [-0.4, -0.2) is 22.1 Å². The van der Waals surface area contributed by atoms with Crippen LogP contribution in [0.25, 0.3) is 0 Å². The van der Waals surface area contributed by atoms with Crippen LogP contribution in [-0.2, 0) is 22.7 Å². The summed E-state index contributed by atoms with van der Waals surface area (Å²) in [6.07, 6.45) is 0.894. The summed E-state index contributed by atoms with van der Waals surface area (Å²) in [7, 11) is 0. The summed E-state index contributed by atoms with van der Waals surface area (Å²) in [5.41, 5.74) is 2.24. The maximum Gasteiger partial charge on any atom is 0.218 e. The maximum absolute atomic E-state index is 10.8. The second kappa shape index (κ2) is 8.17. The van der Waals surface area contributed by atoms with Crippen molar-refractivity contribution in [2.45, 2.75) is 36.9 Å². The molecule has 0 amide bonds. The predicted octanol–water partition coefficient (Wildman–Crippen LogP) is 4.21. The number of rotatable bonds is 7. The smallest absolute Gasteiger partial charge is 0.218 e. The molecule has 24 heavy (non-hydrogen) atoms. The van der Waals surface area contributed by atoms with Gasteiger partial charge in [0.15, 0.2) is 0 Å². The average molecular weight is 344 g/mol. The first-order chi connectivity index (χ1) is 11.7. The fraction of sp³-hybridized carbons (Fsp3) is 0.400. The average Bonchev–Trinajstić information content (AvgIpc) is 2.90. The number of thioether (sulfide) groups is 1. The van der Waals surface area contributed by atoms with E-state index in [-0.39, 0.29) is 11.2 Å². The molecule has 3 rings (SSSR count). The van der Waals surface area contributed by atoms with Gasteiger partial charge < -0.3 is 14.6 Å². The van der Waals surface area contributed by atoms with Crippen LogP contribution in [0.2, 0.25) is 0 Å². The molecule has 0 bridgehead atoms. The molecular weight excluding hydrogens is 320 g/mol. The third-order valence-electron chi connectivity index (χ3n) is 4.28. The number of benzene rings is 2. The lowest BCUT2D eigenvalue weighted by atomic mass is 10.1. The van der Waals surface area contributed by atoms with E-state index in [4.69, 9.17) is 9.47 Å². The summed E-state index contributed by atoms with van der Waals surface area (Å²) in [6.45, 7) is 3.69. The molecule has 2 aromatic carbocycles. The van der Waals surface area contributed by atoms with E-state index < -0.39 is 5.12 Å². The van der Waals surface area contributed by atoms with Gasteiger partial charge in [0.2, 0.25) is 5.12 Å². The van der Waals surface area contributed by atoms with E-state index in [2.05, 4.69) is 12.1 Å². The van der Waals surface area contributed by atoms with Gasteiger partial charge in [0.05, 0.1) is 19.8 Å². The molecule has 128 valence electrons. The van der Waals surface area contributed by atoms with Gasteiger partial charge in [-0.1, -0.05) is 79.3 Å². The van der Waals surface area contributed by atoms with Crippen molar-refractivity contribution < 1.29 is 14.6 Å². The highest BCUT2D eigenvalue weighted by Gasteiger charge is 2.45. The first kappa shape index (κ1) is 17.5. The zero-order valence-corrected chi connectivity index (χ0v) is 14.7. The monoisotopic (exact) mass is 344 g/mol. The van der Waals surface area contributed by atoms with E-state index in [1.54, 1.807) is 0 Å².